The molecule has 2 aromatic rings. The van der Waals surface area contributed by atoms with Crippen molar-refractivity contribution in [2.75, 3.05) is 22.5 Å². The van der Waals surface area contributed by atoms with Gasteiger partial charge in [0.2, 0.25) is 0 Å². The van der Waals surface area contributed by atoms with E-state index >= 15 is 0 Å². The Hall–Kier alpha value is -2.68. The summed E-state index contributed by atoms with van der Waals surface area (Å²) >= 11 is 5.46. The van der Waals surface area contributed by atoms with Gasteiger partial charge in [0.1, 0.15) is 11.6 Å². The van der Waals surface area contributed by atoms with Crippen molar-refractivity contribution in [1.82, 2.24) is 9.55 Å². The van der Waals surface area contributed by atoms with Gasteiger partial charge in [0.25, 0.3) is 5.56 Å². The Morgan fingerprint density at radius 3 is 2.64 bits per heavy atom. The van der Waals surface area contributed by atoms with E-state index in [0.29, 0.717) is 30.8 Å². The number of aromatic amines is 1. The number of hydrogen-bond donors (Lipinski definition) is 3. The van der Waals surface area contributed by atoms with Crippen molar-refractivity contribution in [3.8, 4) is 0 Å². The fraction of sp³-hybridized carbons (Fsp3) is 0.421. The fourth-order valence-electron chi connectivity index (χ4n) is 2.78. The first-order valence-corrected chi connectivity index (χ1v) is 9.68. The Morgan fingerprint density at radius 2 is 2.04 bits per heavy atom. The average Bonchev–Trinajstić information content (AvgIpc) is 2.63. The number of hydrogen-bond acceptors (Lipinski definition) is 4. The standard InChI is InChI=1S/C19H26FN5O2S/c1-4-6-10-25-16(21)15(17(26)23-18(25)27)24(9-5-2)19(28)22-13-8-7-12(3)14(20)11-13/h7-8,11H,4-6,9-10,21H2,1-3H3,(H,22,28)(H,23,26,27). The molecule has 0 unspecified atom stereocenters. The molecular formula is C19H26FN5O2S. The van der Waals surface area contributed by atoms with E-state index in [1.54, 1.807) is 24.0 Å². The number of benzene rings is 1. The quantitative estimate of drug-likeness (QED) is 0.611. The predicted molar refractivity (Wildman–Crippen MR) is 116 cm³/mol. The van der Waals surface area contributed by atoms with Crippen LogP contribution in [0.5, 0.6) is 0 Å². The van der Waals surface area contributed by atoms with E-state index in [1.165, 1.54) is 10.6 Å². The second kappa shape index (κ2) is 9.50. The Bertz CT molecular complexity index is 970. The molecule has 0 bridgehead atoms. The van der Waals surface area contributed by atoms with E-state index in [9.17, 15) is 14.0 Å². The monoisotopic (exact) mass is 407 g/mol. The van der Waals surface area contributed by atoms with Gasteiger partial charge in [-0.3, -0.25) is 14.3 Å². The number of nitrogens with two attached hydrogens (primary N) is 1. The Morgan fingerprint density at radius 1 is 1.32 bits per heavy atom. The van der Waals surface area contributed by atoms with Crippen LogP contribution in [-0.2, 0) is 6.54 Å². The van der Waals surface area contributed by atoms with Crippen LogP contribution < -0.4 is 27.2 Å². The van der Waals surface area contributed by atoms with E-state index in [4.69, 9.17) is 18.0 Å². The van der Waals surface area contributed by atoms with E-state index in [1.807, 2.05) is 13.8 Å². The van der Waals surface area contributed by atoms with Gasteiger partial charge in [-0.15, -0.1) is 0 Å². The number of rotatable bonds is 7. The lowest BCUT2D eigenvalue weighted by Gasteiger charge is -2.26. The normalized spacial score (nSPS) is 10.7. The lowest BCUT2D eigenvalue weighted by molar-refractivity contribution is 0.604. The van der Waals surface area contributed by atoms with Gasteiger partial charge in [-0.1, -0.05) is 26.3 Å². The van der Waals surface area contributed by atoms with Crippen molar-refractivity contribution in [2.45, 2.75) is 46.6 Å². The highest BCUT2D eigenvalue weighted by molar-refractivity contribution is 7.80. The van der Waals surface area contributed by atoms with Gasteiger partial charge in [-0.05, 0) is 49.7 Å². The second-order valence-corrected chi connectivity index (χ2v) is 6.93. The number of halogens is 1. The smallest absolute Gasteiger partial charge is 0.330 e. The number of nitrogens with zero attached hydrogens (tertiary/aromatic N) is 2. The van der Waals surface area contributed by atoms with Crippen LogP contribution in [0, 0.1) is 12.7 Å². The van der Waals surface area contributed by atoms with E-state index < -0.39 is 11.2 Å². The van der Waals surface area contributed by atoms with Crippen molar-refractivity contribution in [1.29, 1.82) is 0 Å². The molecule has 4 N–H and O–H groups in total. The van der Waals surface area contributed by atoms with Crippen LogP contribution in [0.4, 0.5) is 21.6 Å². The molecule has 0 aliphatic carbocycles. The summed E-state index contributed by atoms with van der Waals surface area (Å²) in [7, 11) is 0. The maximum absolute atomic E-state index is 13.8. The van der Waals surface area contributed by atoms with Crippen LogP contribution in [-0.4, -0.2) is 21.2 Å². The molecule has 0 aliphatic heterocycles. The summed E-state index contributed by atoms with van der Waals surface area (Å²) in [5.74, 6) is -0.296. The number of thiocarbonyl (C=S) groups is 1. The number of nitrogens with one attached hydrogen (secondary N) is 2. The Labute approximate surface area is 168 Å². The van der Waals surface area contributed by atoms with Crippen LogP contribution >= 0.6 is 12.2 Å². The van der Waals surface area contributed by atoms with E-state index in [0.717, 1.165) is 12.8 Å². The molecular weight excluding hydrogens is 381 g/mol. The molecule has 152 valence electrons. The Balaban J connectivity index is 2.44. The third kappa shape index (κ3) is 4.78. The van der Waals surface area contributed by atoms with Crippen molar-refractivity contribution in [2.24, 2.45) is 0 Å². The highest BCUT2D eigenvalue weighted by Gasteiger charge is 2.21. The van der Waals surface area contributed by atoms with Gasteiger partial charge in [0.05, 0.1) is 0 Å². The molecule has 28 heavy (non-hydrogen) atoms. The lowest BCUT2D eigenvalue weighted by atomic mass is 10.2. The van der Waals surface area contributed by atoms with E-state index in [-0.39, 0.29) is 22.4 Å². The van der Waals surface area contributed by atoms with E-state index in [2.05, 4.69) is 10.3 Å². The van der Waals surface area contributed by atoms with Gasteiger partial charge in [-0.25, -0.2) is 9.18 Å². The average molecular weight is 408 g/mol. The number of unbranched alkanes of at least 4 members (excludes halogenated alkanes) is 1. The number of anilines is 3. The van der Waals surface area contributed by atoms with Gasteiger partial charge < -0.3 is 16.0 Å². The lowest BCUT2D eigenvalue weighted by Crippen LogP contribution is -2.43. The minimum absolute atomic E-state index is 0.0647. The Kier molecular flexibility index (Phi) is 7.33. The number of aromatic nitrogens is 2. The van der Waals surface area contributed by atoms with Gasteiger partial charge >= 0.3 is 5.69 Å². The molecule has 0 amide bonds. The summed E-state index contributed by atoms with van der Waals surface area (Å²) in [6.07, 6.45) is 2.30. The van der Waals surface area contributed by atoms with Crippen LogP contribution in [0.2, 0.25) is 0 Å². The molecule has 0 atom stereocenters. The fourth-order valence-corrected chi connectivity index (χ4v) is 3.08. The molecule has 0 aliphatic rings. The molecule has 0 radical (unpaired) electrons. The number of nitrogen functional groups attached to an aromatic ring is 1. The third-order valence-electron chi connectivity index (χ3n) is 4.33. The van der Waals surface area contributed by atoms with Gasteiger partial charge in [0, 0.05) is 18.8 Å². The third-order valence-corrected chi connectivity index (χ3v) is 4.66. The first-order chi connectivity index (χ1) is 13.3. The van der Waals surface area contributed by atoms with Crippen LogP contribution in [0.25, 0.3) is 0 Å². The highest BCUT2D eigenvalue weighted by atomic mass is 32.1. The minimum Gasteiger partial charge on any atom is -0.383 e. The number of aryl methyl sites for hydroxylation is 1. The molecule has 0 spiro atoms. The first kappa shape index (κ1) is 21.6. The summed E-state index contributed by atoms with van der Waals surface area (Å²) in [6, 6.07) is 4.67. The maximum atomic E-state index is 13.8. The van der Waals surface area contributed by atoms with Crippen molar-refractivity contribution >= 4 is 34.5 Å². The molecule has 9 heteroatoms. The van der Waals surface area contributed by atoms with Crippen LogP contribution in [0.15, 0.2) is 27.8 Å². The van der Waals surface area contributed by atoms with Crippen LogP contribution in [0.1, 0.15) is 38.7 Å². The molecule has 7 nitrogen and oxygen atoms in total. The van der Waals surface area contributed by atoms with Crippen LogP contribution in [0.3, 0.4) is 0 Å². The highest BCUT2D eigenvalue weighted by Crippen LogP contribution is 2.20. The van der Waals surface area contributed by atoms with Gasteiger partial charge in [-0.2, -0.15) is 0 Å². The molecule has 1 aromatic carbocycles. The summed E-state index contributed by atoms with van der Waals surface area (Å²) < 4.78 is 15.2. The maximum Gasteiger partial charge on any atom is 0.330 e. The zero-order chi connectivity index (χ0) is 20.8. The summed E-state index contributed by atoms with van der Waals surface area (Å²) in [6.45, 7) is 6.39. The predicted octanol–water partition coefficient (Wildman–Crippen LogP) is 2.98. The first-order valence-electron chi connectivity index (χ1n) is 9.27. The second-order valence-electron chi connectivity index (χ2n) is 6.54. The van der Waals surface area contributed by atoms with Crippen molar-refractivity contribution in [3.63, 3.8) is 0 Å². The molecule has 1 heterocycles. The minimum atomic E-state index is -0.608. The molecule has 0 fully saturated rings. The van der Waals surface area contributed by atoms with Crippen molar-refractivity contribution < 1.29 is 4.39 Å². The zero-order valence-corrected chi connectivity index (χ0v) is 17.2. The topological polar surface area (TPSA) is 96.2 Å². The molecule has 1 aromatic heterocycles. The molecule has 2 rings (SSSR count). The largest absolute Gasteiger partial charge is 0.383 e. The SMILES string of the molecule is CCCCn1c(N)c(N(CCC)C(=S)Nc2ccc(C)c(F)c2)c(=O)[nH]c1=O. The van der Waals surface area contributed by atoms with Crippen molar-refractivity contribution in [3.05, 3.63) is 50.4 Å². The molecule has 0 saturated carbocycles. The summed E-state index contributed by atoms with van der Waals surface area (Å²) in [5.41, 5.74) is 6.13. The molecule has 0 saturated heterocycles. The number of H-pyrrole nitrogens is 1. The summed E-state index contributed by atoms with van der Waals surface area (Å²) in [5, 5.41) is 3.14. The summed E-state index contributed by atoms with van der Waals surface area (Å²) in [4.78, 5) is 28.5. The zero-order valence-electron chi connectivity index (χ0n) is 16.3. The van der Waals surface area contributed by atoms with Gasteiger partial charge in [0.15, 0.2) is 10.8 Å².